The lowest BCUT2D eigenvalue weighted by molar-refractivity contribution is -0.118. The highest BCUT2D eigenvalue weighted by Crippen LogP contribution is 2.43. The molecule has 0 fully saturated rings. The fourth-order valence-corrected chi connectivity index (χ4v) is 7.17. The van der Waals surface area contributed by atoms with Crippen molar-refractivity contribution in [1.29, 1.82) is 0 Å². The van der Waals surface area contributed by atoms with Crippen molar-refractivity contribution in [2.45, 2.75) is 65.8 Å². The number of Topliss-reactive ketones (excluding diaryl/α,β-unsaturated/α-hetero) is 1. The van der Waals surface area contributed by atoms with E-state index in [1.807, 2.05) is 11.3 Å². The van der Waals surface area contributed by atoms with E-state index in [1.54, 1.807) is 11.3 Å². The molecule has 3 aromatic rings. The molecule has 2 aromatic heterocycles. The molecule has 0 spiro atoms. The second-order valence-electron chi connectivity index (χ2n) is 8.67. The maximum Gasteiger partial charge on any atom is 0.138 e. The Balaban J connectivity index is 1.64. The molecule has 0 amide bonds. The highest BCUT2D eigenvalue weighted by Gasteiger charge is 2.27. The third-order valence-electron chi connectivity index (χ3n) is 6.43. The van der Waals surface area contributed by atoms with Crippen LogP contribution in [0, 0.1) is 5.92 Å². The minimum Gasteiger partial charge on any atom is -0.299 e. The van der Waals surface area contributed by atoms with Crippen LogP contribution in [-0.2, 0) is 24.2 Å². The number of fused-ring (bicyclic) bond motifs is 2. The van der Waals surface area contributed by atoms with Crippen LogP contribution in [0.25, 0.3) is 20.8 Å². The Morgan fingerprint density at radius 2 is 2.13 bits per heavy atom. The molecule has 0 saturated heterocycles. The summed E-state index contributed by atoms with van der Waals surface area (Å²) in [6.07, 6.45) is 5.65. The number of halogens is 1. The standard InChI is InChI=1S/C25H31BrN2OS2/c1-4-16(3)7-6-8-18(29)14-22-24(19-11-12-28(5-2)15-23(19)30-22)25-27-20-13-17(26)9-10-21(20)31-25/h9-10,13,16H,4-8,11-12,14-15H2,1-3H3/t16-/m0/s1. The Morgan fingerprint density at radius 1 is 1.29 bits per heavy atom. The summed E-state index contributed by atoms with van der Waals surface area (Å²) >= 11 is 7.18. The van der Waals surface area contributed by atoms with Gasteiger partial charge < -0.3 is 0 Å². The molecule has 0 N–H and O–H groups in total. The summed E-state index contributed by atoms with van der Waals surface area (Å²) in [6, 6.07) is 6.30. The average Bonchev–Trinajstić information content (AvgIpc) is 3.32. The van der Waals surface area contributed by atoms with E-state index < -0.39 is 0 Å². The lowest BCUT2D eigenvalue weighted by Gasteiger charge is -2.25. The smallest absolute Gasteiger partial charge is 0.138 e. The fourth-order valence-electron chi connectivity index (χ4n) is 4.28. The van der Waals surface area contributed by atoms with Gasteiger partial charge in [-0.15, -0.1) is 22.7 Å². The molecule has 3 heterocycles. The van der Waals surface area contributed by atoms with Gasteiger partial charge in [-0.2, -0.15) is 0 Å². The summed E-state index contributed by atoms with van der Waals surface area (Å²) in [5, 5.41) is 1.08. The Morgan fingerprint density at radius 3 is 2.90 bits per heavy atom. The number of thiazole rings is 1. The van der Waals surface area contributed by atoms with E-state index in [9.17, 15) is 4.79 Å². The number of nitrogens with zero attached hydrogens (tertiary/aromatic N) is 2. The van der Waals surface area contributed by atoms with Crippen LogP contribution in [-0.4, -0.2) is 28.8 Å². The number of hydrogen-bond acceptors (Lipinski definition) is 5. The molecule has 0 bridgehead atoms. The molecule has 1 aromatic carbocycles. The van der Waals surface area contributed by atoms with Crippen LogP contribution in [0.1, 0.15) is 61.8 Å². The monoisotopic (exact) mass is 518 g/mol. The number of carbonyl (C=O) groups excluding carboxylic acids is 1. The summed E-state index contributed by atoms with van der Waals surface area (Å²) in [5.41, 5.74) is 3.74. The van der Waals surface area contributed by atoms with Gasteiger partial charge in [0.1, 0.15) is 10.8 Å². The summed E-state index contributed by atoms with van der Waals surface area (Å²) in [5.74, 6) is 1.08. The molecular weight excluding hydrogens is 488 g/mol. The van der Waals surface area contributed by atoms with Crippen molar-refractivity contribution >= 4 is 54.6 Å². The minimum absolute atomic E-state index is 0.374. The number of hydrogen-bond donors (Lipinski definition) is 0. The lowest BCUT2D eigenvalue weighted by Crippen LogP contribution is -2.29. The normalized spacial score (nSPS) is 15.4. The summed E-state index contributed by atoms with van der Waals surface area (Å²) < 4.78 is 2.26. The van der Waals surface area contributed by atoms with E-state index in [4.69, 9.17) is 4.98 Å². The molecule has 1 atom stereocenters. The maximum absolute atomic E-state index is 12.9. The van der Waals surface area contributed by atoms with E-state index in [1.165, 1.54) is 32.0 Å². The fraction of sp³-hybridized carbons (Fsp3) is 0.520. The number of rotatable bonds is 9. The molecule has 4 rings (SSSR count). The van der Waals surface area contributed by atoms with Crippen molar-refractivity contribution in [3.63, 3.8) is 0 Å². The maximum atomic E-state index is 12.9. The summed E-state index contributed by atoms with van der Waals surface area (Å²) in [4.78, 5) is 23.1. The van der Waals surface area contributed by atoms with Crippen LogP contribution in [0.5, 0.6) is 0 Å². The van der Waals surface area contributed by atoms with Crippen LogP contribution in [0.4, 0.5) is 0 Å². The zero-order valence-corrected chi connectivity index (χ0v) is 21.9. The predicted octanol–water partition coefficient (Wildman–Crippen LogP) is 7.49. The van der Waals surface area contributed by atoms with E-state index in [0.717, 1.165) is 53.9 Å². The molecule has 1 aliphatic rings. The first-order valence-electron chi connectivity index (χ1n) is 11.4. The van der Waals surface area contributed by atoms with Crippen molar-refractivity contribution in [2.24, 2.45) is 5.92 Å². The molecule has 166 valence electrons. The molecule has 0 saturated carbocycles. The van der Waals surface area contributed by atoms with Gasteiger partial charge in [0, 0.05) is 45.7 Å². The minimum atomic E-state index is 0.374. The van der Waals surface area contributed by atoms with Gasteiger partial charge >= 0.3 is 0 Å². The van der Waals surface area contributed by atoms with Crippen molar-refractivity contribution in [3.05, 3.63) is 38.0 Å². The van der Waals surface area contributed by atoms with Gasteiger partial charge in [-0.3, -0.25) is 9.69 Å². The zero-order valence-electron chi connectivity index (χ0n) is 18.7. The quantitative estimate of drug-likeness (QED) is 0.294. The first kappa shape index (κ1) is 23.1. The summed E-state index contributed by atoms with van der Waals surface area (Å²) in [6.45, 7) is 9.90. The number of aromatic nitrogens is 1. The Hall–Kier alpha value is -1.08. The lowest BCUT2D eigenvalue weighted by atomic mass is 9.97. The Kier molecular flexibility index (Phi) is 7.63. The third-order valence-corrected chi connectivity index (χ3v) is 9.19. The molecule has 1 aliphatic heterocycles. The second-order valence-corrected chi connectivity index (χ2v) is 11.8. The SMILES string of the molecule is CC[C@H](C)CCCC(=O)Cc1sc2c(c1-c1nc3cc(Br)ccc3s1)CCN(CC)C2. The average molecular weight is 520 g/mol. The van der Waals surface area contributed by atoms with Crippen LogP contribution >= 0.6 is 38.6 Å². The van der Waals surface area contributed by atoms with Gasteiger partial charge in [-0.25, -0.2) is 4.98 Å². The highest BCUT2D eigenvalue weighted by molar-refractivity contribution is 9.10. The van der Waals surface area contributed by atoms with Gasteiger partial charge in [0.05, 0.1) is 10.2 Å². The number of benzene rings is 1. The van der Waals surface area contributed by atoms with Gasteiger partial charge in [0.15, 0.2) is 0 Å². The number of thiophene rings is 1. The van der Waals surface area contributed by atoms with Gasteiger partial charge in [-0.05, 0) is 49.1 Å². The first-order valence-corrected chi connectivity index (χ1v) is 13.8. The molecular formula is C25H31BrN2OS2. The van der Waals surface area contributed by atoms with Gasteiger partial charge in [0.2, 0.25) is 0 Å². The van der Waals surface area contributed by atoms with Gasteiger partial charge in [0.25, 0.3) is 0 Å². The number of likely N-dealkylation sites (N-methyl/N-ethyl adjacent to an activating group) is 1. The number of ketones is 1. The van der Waals surface area contributed by atoms with Crippen LogP contribution in [0.2, 0.25) is 0 Å². The van der Waals surface area contributed by atoms with Crippen molar-refractivity contribution < 1.29 is 4.79 Å². The van der Waals surface area contributed by atoms with Crippen LogP contribution in [0.15, 0.2) is 22.7 Å². The largest absolute Gasteiger partial charge is 0.299 e. The van der Waals surface area contributed by atoms with Crippen LogP contribution in [0.3, 0.4) is 0 Å². The molecule has 0 aliphatic carbocycles. The van der Waals surface area contributed by atoms with Gasteiger partial charge in [-0.1, -0.05) is 49.5 Å². The molecule has 0 radical (unpaired) electrons. The third kappa shape index (κ3) is 5.29. The van der Waals surface area contributed by atoms with E-state index in [-0.39, 0.29) is 0 Å². The van der Waals surface area contributed by atoms with E-state index >= 15 is 0 Å². The van der Waals surface area contributed by atoms with Crippen LogP contribution < -0.4 is 0 Å². The zero-order chi connectivity index (χ0) is 22.0. The topological polar surface area (TPSA) is 33.2 Å². The first-order chi connectivity index (χ1) is 15.0. The second kappa shape index (κ2) is 10.2. The molecule has 31 heavy (non-hydrogen) atoms. The van der Waals surface area contributed by atoms with E-state index in [2.05, 4.69) is 59.8 Å². The predicted molar refractivity (Wildman–Crippen MR) is 137 cm³/mol. The van der Waals surface area contributed by atoms with Crippen molar-refractivity contribution in [1.82, 2.24) is 9.88 Å². The number of carbonyl (C=O) groups is 1. The molecule has 6 heteroatoms. The summed E-state index contributed by atoms with van der Waals surface area (Å²) in [7, 11) is 0. The Bertz CT molecular complexity index is 1070. The van der Waals surface area contributed by atoms with Crippen molar-refractivity contribution in [3.8, 4) is 10.6 Å². The highest BCUT2D eigenvalue weighted by atomic mass is 79.9. The molecule has 0 unspecified atom stereocenters. The van der Waals surface area contributed by atoms with Crippen molar-refractivity contribution in [2.75, 3.05) is 13.1 Å². The Labute approximate surface area is 202 Å². The van der Waals surface area contributed by atoms with E-state index in [0.29, 0.717) is 24.5 Å². The molecule has 3 nitrogen and oxygen atoms in total.